The van der Waals surface area contributed by atoms with E-state index in [0.717, 1.165) is 21.5 Å². The molecule has 0 unspecified atom stereocenters. The molecule has 1 N–H and O–H groups in total. The van der Waals surface area contributed by atoms with Gasteiger partial charge < -0.3 is 9.84 Å². The molecular formula is C15H13ClN2O2S. The van der Waals surface area contributed by atoms with Crippen molar-refractivity contribution in [3.8, 4) is 5.75 Å². The maximum absolute atomic E-state index is 9.06. The number of aliphatic hydroxyl groups excluding tert-OH is 1. The molecule has 0 fully saturated rings. The Morgan fingerprint density at radius 1 is 1.19 bits per heavy atom. The molecule has 0 bridgehead atoms. The molecule has 0 aliphatic carbocycles. The number of benzene rings is 1. The van der Waals surface area contributed by atoms with E-state index in [9.17, 15) is 0 Å². The van der Waals surface area contributed by atoms with Crippen LogP contribution in [0.15, 0.2) is 35.7 Å². The van der Waals surface area contributed by atoms with E-state index in [2.05, 4.69) is 9.97 Å². The van der Waals surface area contributed by atoms with Crippen LogP contribution in [0.2, 0.25) is 5.15 Å². The summed E-state index contributed by atoms with van der Waals surface area (Å²) in [6.45, 7) is 0.333. The van der Waals surface area contributed by atoms with Gasteiger partial charge in [-0.1, -0.05) is 29.8 Å². The molecule has 3 aromatic rings. The molecule has 1 aromatic carbocycles. The van der Waals surface area contributed by atoms with Crippen LogP contribution >= 0.6 is 22.9 Å². The summed E-state index contributed by atoms with van der Waals surface area (Å²) in [5.41, 5.74) is 0.961. The zero-order valence-electron chi connectivity index (χ0n) is 11.1. The molecule has 0 aliphatic heterocycles. The molecule has 0 spiro atoms. The fourth-order valence-electron chi connectivity index (χ4n) is 2.04. The number of nitrogens with zero attached hydrogens (tertiary/aromatic N) is 2. The molecule has 0 radical (unpaired) electrons. The van der Waals surface area contributed by atoms with E-state index in [4.69, 9.17) is 21.4 Å². The predicted molar refractivity (Wildman–Crippen MR) is 84.0 cm³/mol. The van der Waals surface area contributed by atoms with Gasteiger partial charge in [0.25, 0.3) is 0 Å². The Labute approximate surface area is 131 Å². The Kier molecular flexibility index (Phi) is 4.34. The topological polar surface area (TPSA) is 55.2 Å². The van der Waals surface area contributed by atoms with Crippen LogP contribution in [0.25, 0.3) is 10.2 Å². The molecule has 4 nitrogen and oxygen atoms in total. The summed E-state index contributed by atoms with van der Waals surface area (Å²) in [5.74, 6) is 1.28. The van der Waals surface area contributed by atoms with Crippen LogP contribution in [-0.2, 0) is 13.0 Å². The molecular weight excluding hydrogens is 308 g/mol. The molecule has 6 heteroatoms. The summed E-state index contributed by atoms with van der Waals surface area (Å²) < 4.78 is 5.77. The Morgan fingerprint density at radius 3 is 2.90 bits per heavy atom. The average Bonchev–Trinajstić information content (AvgIpc) is 2.96. The number of ether oxygens (including phenoxy) is 1. The van der Waals surface area contributed by atoms with Crippen LogP contribution in [0.5, 0.6) is 5.75 Å². The van der Waals surface area contributed by atoms with Crippen molar-refractivity contribution in [3.63, 3.8) is 0 Å². The monoisotopic (exact) mass is 320 g/mol. The zero-order valence-corrected chi connectivity index (χ0v) is 12.7. The summed E-state index contributed by atoms with van der Waals surface area (Å²) in [7, 11) is 0. The lowest BCUT2D eigenvalue weighted by Gasteiger charge is -2.10. The number of hydrogen-bond acceptors (Lipinski definition) is 5. The van der Waals surface area contributed by atoms with E-state index in [0.29, 0.717) is 17.4 Å². The molecule has 21 heavy (non-hydrogen) atoms. The van der Waals surface area contributed by atoms with Crippen molar-refractivity contribution in [3.05, 3.63) is 52.3 Å². The lowest BCUT2D eigenvalue weighted by molar-refractivity contribution is 0.279. The van der Waals surface area contributed by atoms with Crippen molar-refractivity contribution < 1.29 is 9.84 Å². The highest BCUT2D eigenvalue weighted by atomic mass is 35.5. The molecule has 0 saturated heterocycles. The van der Waals surface area contributed by atoms with Crippen LogP contribution < -0.4 is 4.74 Å². The van der Waals surface area contributed by atoms with Crippen molar-refractivity contribution in [1.29, 1.82) is 0 Å². The van der Waals surface area contributed by atoms with Gasteiger partial charge in [0.05, 0.1) is 0 Å². The zero-order chi connectivity index (χ0) is 14.7. The summed E-state index contributed by atoms with van der Waals surface area (Å²) >= 11 is 7.66. The second kappa shape index (κ2) is 6.39. The highest BCUT2D eigenvalue weighted by molar-refractivity contribution is 7.16. The van der Waals surface area contributed by atoms with Crippen LogP contribution in [0, 0.1) is 0 Å². The quantitative estimate of drug-likeness (QED) is 0.731. The number of halogens is 1. The second-order valence-corrected chi connectivity index (χ2v) is 5.69. The van der Waals surface area contributed by atoms with E-state index < -0.39 is 0 Å². The molecule has 2 heterocycles. The third-order valence-electron chi connectivity index (χ3n) is 3.04. The minimum Gasteiger partial charge on any atom is -0.485 e. The van der Waals surface area contributed by atoms with Crippen LogP contribution in [-0.4, -0.2) is 21.7 Å². The maximum atomic E-state index is 9.06. The number of aliphatic hydroxyl groups is 1. The Bertz CT molecular complexity index is 760. The van der Waals surface area contributed by atoms with Crippen molar-refractivity contribution in [2.75, 3.05) is 6.61 Å². The van der Waals surface area contributed by atoms with Gasteiger partial charge >= 0.3 is 0 Å². The van der Waals surface area contributed by atoms with E-state index in [1.165, 1.54) is 11.3 Å². The number of fused-ring (bicyclic) bond motifs is 1. The van der Waals surface area contributed by atoms with Gasteiger partial charge in [-0.3, -0.25) is 0 Å². The van der Waals surface area contributed by atoms with Crippen molar-refractivity contribution in [2.24, 2.45) is 0 Å². The molecule has 3 rings (SSSR count). The van der Waals surface area contributed by atoms with Crippen LogP contribution in [0.4, 0.5) is 0 Å². The average molecular weight is 321 g/mol. The Balaban J connectivity index is 1.80. The van der Waals surface area contributed by atoms with Gasteiger partial charge in [0.15, 0.2) is 5.82 Å². The van der Waals surface area contributed by atoms with E-state index in [1.807, 2.05) is 35.7 Å². The Morgan fingerprint density at radius 2 is 2.05 bits per heavy atom. The number of rotatable bonds is 5. The molecule has 108 valence electrons. The SMILES string of the molecule is OCCc1ccccc1OCc1nc(Cl)c2ccsc2n1. The van der Waals surface area contributed by atoms with Crippen LogP contribution in [0.1, 0.15) is 11.4 Å². The first-order valence-corrected chi connectivity index (χ1v) is 7.75. The lowest BCUT2D eigenvalue weighted by Crippen LogP contribution is -2.04. The third-order valence-corrected chi connectivity index (χ3v) is 4.13. The minimum absolute atomic E-state index is 0.0872. The predicted octanol–water partition coefficient (Wildman–Crippen LogP) is 3.46. The summed E-state index contributed by atoms with van der Waals surface area (Å²) in [6.07, 6.45) is 0.557. The van der Waals surface area contributed by atoms with Crippen LogP contribution in [0.3, 0.4) is 0 Å². The summed E-state index contributed by atoms with van der Waals surface area (Å²) in [5, 5.41) is 12.3. The number of aromatic nitrogens is 2. The normalized spacial score (nSPS) is 11.0. The van der Waals surface area contributed by atoms with Gasteiger partial charge in [-0.2, -0.15) is 0 Å². The molecule has 0 saturated carbocycles. The standard InChI is InChI=1S/C15H13ClN2O2S/c16-14-11-6-8-21-15(11)18-13(17-14)9-20-12-4-2-1-3-10(12)5-7-19/h1-4,6,8,19H,5,7,9H2. The first-order valence-electron chi connectivity index (χ1n) is 6.49. The fourth-order valence-corrected chi connectivity index (χ4v) is 3.13. The first-order chi connectivity index (χ1) is 10.3. The third kappa shape index (κ3) is 3.15. The number of hydrogen-bond donors (Lipinski definition) is 1. The maximum Gasteiger partial charge on any atom is 0.169 e. The van der Waals surface area contributed by atoms with Crippen molar-refractivity contribution in [1.82, 2.24) is 9.97 Å². The van der Waals surface area contributed by atoms with Crippen molar-refractivity contribution >= 4 is 33.2 Å². The molecule has 0 aliphatic rings. The lowest BCUT2D eigenvalue weighted by atomic mass is 10.1. The van der Waals surface area contributed by atoms with E-state index in [1.54, 1.807) is 0 Å². The first kappa shape index (κ1) is 14.3. The van der Waals surface area contributed by atoms with Gasteiger partial charge in [0.2, 0.25) is 0 Å². The highest BCUT2D eigenvalue weighted by Crippen LogP contribution is 2.25. The van der Waals surface area contributed by atoms with Gasteiger partial charge in [-0.15, -0.1) is 11.3 Å². The summed E-state index contributed by atoms with van der Waals surface area (Å²) in [4.78, 5) is 9.54. The number of thiophene rings is 1. The highest BCUT2D eigenvalue weighted by Gasteiger charge is 2.09. The second-order valence-electron chi connectivity index (χ2n) is 4.44. The van der Waals surface area contributed by atoms with Crippen molar-refractivity contribution in [2.45, 2.75) is 13.0 Å². The molecule has 0 amide bonds. The minimum atomic E-state index is 0.0872. The van der Waals surface area contributed by atoms with Gasteiger partial charge in [-0.05, 0) is 29.5 Å². The number of para-hydroxylation sites is 1. The van der Waals surface area contributed by atoms with E-state index in [-0.39, 0.29) is 13.2 Å². The van der Waals surface area contributed by atoms with Gasteiger partial charge in [0, 0.05) is 12.0 Å². The van der Waals surface area contributed by atoms with Gasteiger partial charge in [0.1, 0.15) is 22.3 Å². The van der Waals surface area contributed by atoms with E-state index >= 15 is 0 Å². The largest absolute Gasteiger partial charge is 0.485 e. The molecule has 0 atom stereocenters. The van der Waals surface area contributed by atoms with Gasteiger partial charge in [-0.25, -0.2) is 9.97 Å². The summed E-state index contributed by atoms with van der Waals surface area (Å²) in [6, 6.07) is 9.52. The Hall–Kier alpha value is -1.69. The smallest absolute Gasteiger partial charge is 0.169 e. The fraction of sp³-hybridized carbons (Fsp3) is 0.200. The molecule has 2 aromatic heterocycles.